The van der Waals surface area contributed by atoms with Crippen LogP contribution in [0.5, 0.6) is 5.75 Å². The third kappa shape index (κ3) is 4.01. The molecule has 0 spiro atoms. The number of hydrogen-bond acceptors (Lipinski definition) is 5. The molecule has 0 amide bonds. The van der Waals surface area contributed by atoms with Crippen LogP contribution in [0.25, 0.3) is 22.3 Å². The molecule has 0 unspecified atom stereocenters. The largest absolute Gasteiger partial charge is 0.494 e. The Balaban J connectivity index is 1.99. The monoisotopic (exact) mass is 415 g/mol. The van der Waals surface area contributed by atoms with Crippen molar-refractivity contribution in [1.82, 2.24) is 9.66 Å². The summed E-state index contributed by atoms with van der Waals surface area (Å²) >= 11 is 0. The third-order valence-electron chi connectivity index (χ3n) is 5.12. The first-order valence-electron chi connectivity index (χ1n) is 10.4. The Morgan fingerprint density at radius 3 is 2.71 bits per heavy atom. The lowest BCUT2D eigenvalue weighted by Gasteiger charge is -2.18. The van der Waals surface area contributed by atoms with Gasteiger partial charge in [-0.05, 0) is 67.3 Å². The predicted molar refractivity (Wildman–Crippen MR) is 123 cm³/mol. The summed E-state index contributed by atoms with van der Waals surface area (Å²) in [5.41, 5.74) is 3.25. The molecule has 0 aliphatic rings. The number of furan rings is 1. The molecular formula is C25H25N3O3. The van der Waals surface area contributed by atoms with Crippen molar-refractivity contribution >= 4 is 17.1 Å². The average molecular weight is 415 g/mol. The van der Waals surface area contributed by atoms with Gasteiger partial charge in [-0.2, -0.15) is 9.78 Å². The van der Waals surface area contributed by atoms with E-state index in [0.717, 1.165) is 22.4 Å². The van der Waals surface area contributed by atoms with Crippen molar-refractivity contribution < 1.29 is 9.15 Å². The van der Waals surface area contributed by atoms with Gasteiger partial charge in [0.1, 0.15) is 11.5 Å². The molecule has 0 fully saturated rings. The van der Waals surface area contributed by atoms with Crippen LogP contribution in [0.3, 0.4) is 0 Å². The molecule has 4 rings (SSSR count). The maximum Gasteiger partial charge on any atom is 0.282 e. The number of nitrogens with zero attached hydrogens (tertiary/aromatic N) is 3. The number of ether oxygens (including phenoxy) is 1. The highest BCUT2D eigenvalue weighted by molar-refractivity contribution is 5.81. The lowest BCUT2D eigenvalue weighted by atomic mass is 9.96. The van der Waals surface area contributed by atoms with Gasteiger partial charge in [-0.1, -0.05) is 26.0 Å². The first-order valence-corrected chi connectivity index (χ1v) is 10.4. The maximum atomic E-state index is 13.3. The molecule has 0 saturated heterocycles. The normalized spacial score (nSPS) is 11.6. The summed E-state index contributed by atoms with van der Waals surface area (Å²) in [5, 5.41) is 4.95. The second kappa shape index (κ2) is 8.60. The summed E-state index contributed by atoms with van der Waals surface area (Å²) in [7, 11) is 0. The second-order valence-electron chi connectivity index (χ2n) is 7.62. The second-order valence-corrected chi connectivity index (χ2v) is 7.62. The number of hydrogen-bond donors (Lipinski definition) is 0. The fraction of sp³-hybridized carbons (Fsp3) is 0.240. The summed E-state index contributed by atoms with van der Waals surface area (Å²) in [6.45, 7) is 8.79. The first-order chi connectivity index (χ1) is 15.0. The van der Waals surface area contributed by atoms with Crippen molar-refractivity contribution in [2.24, 2.45) is 5.10 Å². The molecule has 0 saturated carbocycles. The van der Waals surface area contributed by atoms with Crippen LogP contribution in [0, 0.1) is 6.92 Å². The average Bonchev–Trinajstić information content (AvgIpc) is 3.27. The summed E-state index contributed by atoms with van der Waals surface area (Å²) in [5.74, 6) is 2.13. The number of aryl methyl sites for hydroxylation is 1. The lowest BCUT2D eigenvalue weighted by molar-refractivity contribution is 0.335. The topological polar surface area (TPSA) is 69.6 Å². The van der Waals surface area contributed by atoms with E-state index in [4.69, 9.17) is 14.1 Å². The fourth-order valence-electron chi connectivity index (χ4n) is 3.56. The zero-order valence-electron chi connectivity index (χ0n) is 18.1. The van der Waals surface area contributed by atoms with Crippen molar-refractivity contribution in [3.8, 4) is 17.1 Å². The van der Waals surface area contributed by atoms with Gasteiger partial charge in [0, 0.05) is 5.56 Å². The van der Waals surface area contributed by atoms with E-state index in [1.807, 2.05) is 38.1 Å². The molecule has 6 heteroatoms. The Bertz CT molecular complexity index is 1300. The van der Waals surface area contributed by atoms with E-state index in [2.05, 4.69) is 25.0 Å². The number of para-hydroxylation sites is 1. The molecule has 4 aromatic rings. The maximum absolute atomic E-state index is 13.3. The molecule has 31 heavy (non-hydrogen) atoms. The number of benzene rings is 2. The first kappa shape index (κ1) is 20.6. The van der Waals surface area contributed by atoms with E-state index < -0.39 is 0 Å². The molecule has 0 atom stereocenters. The zero-order chi connectivity index (χ0) is 22.0. The molecule has 158 valence electrons. The van der Waals surface area contributed by atoms with Crippen LogP contribution in [0.15, 0.2) is 69.1 Å². The summed E-state index contributed by atoms with van der Waals surface area (Å²) < 4.78 is 12.5. The van der Waals surface area contributed by atoms with E-state index >= 15 is 0 Å². The quantitative estimate of drug-likeness (QED) is 0.397. The Hall–Kier alpha value is -3.67. The van der Waals surface area contributed by atoms with E-state index in [-0.39, 0.29) is 11.5 Å². The molecule has 0 radical (unpaired) electrons. The molecule has 0 bridgehead atoms. The van der Waals surface area contributed by atoms with Crippen molar-refractivity contribution in [3.63, 3.8) is 0 Å². The summed E-state index contributed by atoms with van der Waals surface area (Å²) in [4.78, 5) is 18.2. The van der Waals surface area contributed by atoms with Crippen molar-refractivity contribution in [2.45, 2.75) is 33.6 Å². The van der Waals surface area contributed by atoms with E-state index in [1.54, 1.807) is 24.5 Å². The van der Waals surface area contributed by atoms with E-state index in [0.29, 0.717) is 29.1 Å². The molecule has 2 aromatic heterocycles. The number of fused-ring (bicyclic) bond motifs is 1. The van der Waals surface area contributed by atoms with Crippen LogP contribution in [-0.2, 0) is 0 Å². The third-order valence-corrected chi connectivity index (χ3v) is 5.12. The fourth-order valence-corrected chi connectivity index (χ4v) is 3.56. The lowest BCUT2D eigenvalue weighted by Crippen LogP contribution is -2.20. The minimum Gasteiger partial charge on any atom is -0.494 e. The Labute approximate surface area is 180 Å². The van der Waals surface area contributed by atoms with Crippen LogP contribution >= 0.6 is 0 Å². The van der Waals surface area contributed by atoms with Crippen LogP contribution < -0.4 is 10.3 Å². The van der Waals surface area contributed by atoms with Gasteiger partial charge in [-0.25, -0.2) is 4.98 Å². The zero-order valence-corrected chi connectivity index (χ0v) is 18.1. The van der Waals surface area contributed by atoms with Crippen LogP contribution in [0.1, 0.15) is 43.6 Å². The molecule has 0 aliphatic heterocycles. The standard InChI is InChI=1S/C25H25N3O3/c1-5-30-23-13-17(4)21(14-20(23)16(2)3)24-27-22-11-7-6-10-19(22)25(29)28(24)26-15-18-9-8-12-31-18/h6-16H,5H2,1-4H3. The van der Waals surface area contributed by atoms with Gasteiger partial charge in [0.05, 0.1) is 30.0 Å². The van der Waals surface area contributed by atoms with Gasteiger partial charge < -0.3 is 9.15 Å². The highest BCUT2D eigenvalue weighted by atomic mass is 16.5. The highest BCUT2D eigenvalue weighted by Crippen LogP contribution is 2.34. The van der Waals surface area contributed by atoms with E-state index in [1.165, 1.54) is 10.9 Å². The van der Waals surface area contributed by atoms with Gasteiger partial charge in [0.25, 0.3) is 5.56 Å². The van der Waals surface area contributed by atoms with Gasteiger partial charge in [-0.3, -0.25) is 4.79 Å². The van der Waals surface area contributed by atoms with E-state index in [9.17, 15) is 4.79 Å². The smallest absolute Gasteiger partial charge is 0.282 e. The van der Waals surface area contributed by atoms with Crippen molar-refractivity contribution in [3.05, 3.63) is 82.0 Å². The Kier molecular flexibility index (Phi) is 5.71. The SMILES string of the molecule is CCOc1cc(C)c(-c2nc3ccccc3c(=O)n2N=Cc2ccco2)cc1C(C)C. The van der Waals surface area contributed by atoms with Gasteiger partial charge in [-0.15, -0.1) is 0 Å². The molecule has 2 aromatic carbocycles. The predicted octanol–water partition coefficient (Wildman–Crippen LogP) is 5.37. The molecule has 0 aliphatic carbocycles. The Morgan fingerprint density at radius 1 is 1.19 bits per heavy atom. The highest BCUT2D eigenvalue weighted by Gasteiger charge is 2.18. The molecular weight excluding hydrogens is 390 g/mol. The van der Waals surface area contributed by atoms with Crippen LogP contribution in [0.4, 0.5) is 0 Å². The minimum atomic E-state index is -0.234. The molecule has 6 nitrogen and oxygen atoms in total. The van der Waals surface area contributed by atoms with Gasteiger partial charge in [0.2, 0.25) is 0 Å². The molecule has 0 N–H and O–H groups in total. The summed E-state index contributed by atoms with van der Waals surface area (Å²) in [6.07, 6.45) is 3.09. The van der Waals surface area contributed by atoms with Crippen LogP contribution in [0.2, 0.25) is 0 Å². The number of rotatable bonds is 6. The van der Waals surface area contributed by atoms with Crippen molar-refractivity contribution in [2.75, 3.05) is 6.61 Å². The molecule has 2 heterocycles. The van der Waals surface area contributed by atoms with Gasteiger partial charge >= 0.3 is 0 Å². The van der Waals surface area contributed by atoms with Crippen molar-refractivity contribution in [1.29, 1.82) is 0 Å². The Morgan fingerprint density at radius 2 is 2.00 bits per heavy atom. The van der Waals surface area contributed by atoms with Gasteiger partial charge in [0.15, 0.2) is 5.82 Å². The minimum absolute atomic E-state index is 0.234. The van der Waals surface area contributed by atoms with Crippen LogP contribution in [-0.4, -0.2) is 22.5 Å². The number of aromatic nitrogens is 2. The summed E-state index contributed by atoms with van der Waals surface area (Å²) in [6, 6.07) is 14.9.